The Morgan fingerprint density at radius 3 is 2.55 bits per heavy atom. The van der Waals surface area contributed by atoms with Gasteiger partial charge in [0.25, 0.3) is 0 Å². The second kappa shape index (κ2) is 7.45. The fourth-order valence-electron chi connectivity index (χ4n) is 8.14. The Bertz CT molecular complexity index is 638. The van der Waals surface area contributed by atoms with E-state index in [1.54, 1.807) is 0 Å². The van der Waals surface area contributed by atoms with Crippen LogP contribution in [-0.2, 0) is 9.22 Å². The van der Waals surface area contributed by atoms with Crippen LogP contribution < -0.4 is 0 Å². The number of aliphatic hydroxyl groups is 1. The largest absolute Gasteiger partial charge is 0.423 e. The van der Waals surface area contributed by atoms with Crippen LogP contribution in [0.25, 0.3) is 0 Å². The molecule has 166 valence electrons. The standard InChI is InChI=1S/C25H44O3Si/c1-22(2,3)29-28-15-14-25-13-12-23(4,27)16-17(25)6-7-18-19-8-9-21(26)24(19,5)11-10-20(18)25/h17-20,27H,6-16,29H2,1-5H3/t17-,18+,19+,20+,23-,24+,25-/m1/s1. The van der Waals surface area contributed by atoms with E-state index in [-0.39, 0.29) is 5.41 Å². The van der Waals surface area contributed by atoms with Gasteiger partial charge in [-0.05, 0) is 98.8 Å². The van der Waals surface area contributed by atoms with Crippen LogP contribution in [-0.4, -0.2) is 32.9 Å². The summed E-state index contributed by atoms with van der Waals surface area (Å²) in [4.78, 5) is 12.7. The lowest BCUT2D eigenvalue weighted by Gasteiger charge is -2.62. The van der Waals surface area contributed by atoms with E-state index in [2.05, 4.69) is 34.6 Å². The summed E-state index contributed by atoms with van der Waals surface area (Å²) in [7, 11) is -0.509. The quantitative estimate of drug-likeness (QED) is 0.512. The first kappa shape index (κ1) is 22.0. The molecule has 4 aliphatic rings. The van der Waals surface area contributed by atoms with E-state index >= 15 is 0 Å². The van der Waals surface area contributed by atoms with Gasteiger partial charge in [0, 0.05) is 18.4 Å². The van der Waals surface area contributed by atoms with Crippen LogP contribution in [0.2, 0.25) is 5.04 Å². The zero-order valence-electron chi connectivity index (χ0n) is 19.6. The molecule has 7 atom stereocenters. The van der Waals surface area contributed by atoms with Gasteiger partial charge in [0.1, 0.15) is 5.78 Å². The molecule has 4 aliphatic carbocycles. The van der Waals surface area contributed by atoms with Crippen LogP contribution in [0.3, 0.4) is 0 Å². The van der Waals surface area contributed by atoms with Gasteiger partial charge in [0.05, 0.1) is 5.60 Å². The number of hydrogen-bond acceptors (Lipinski definition) is 3. The van der Waals surface area contributed by atoms with Gasteiger partial charge >= 0.3 is 0 Å². The number of ketones is 1. The van der Waals surface area contributed by atoms with E-state index in [0.29, 0.717) is 28.1 Å². The fraction of sp³-hybridized carbons (Fsp3) is 0.960. The van der Waals surface area contributed by atoms with Crippen LogP contribution in [0.15, 0.2) is 0 Å². The summed E-state index contributed by atoms with van der Waals surface area (Å²) < 4.78 is 6.32. The molecule has 4 heteroatoms. The van der Waals surface area contributed by atoms with Crippen molar-refractivity contribution in [3.8, 4) is 0 Å². The van der Waals surface area contributed by atoms with Crippen molar-refractivity contribution in [2.75, 3.05) is 6.61 Å². The number of carbonyl (C=O) groups excluding carboxylic acids is 1. The second-order valence-corrected chi connectivity index (χ2v) is 15.7. The topological polar surface area (TPSA) is 46.5 Å². The lowest BCUT2D eigenvalue weighted by atomic mass is 9.43. The molecule has 0 aromatic carbocycles. The summed E-state index contributed by atoms with van der Waals surface area (Å²) in [6, 6.07) is 0. The summed E-state index contributed by atoms with van der Waals surface area (Å²) in [5, 5.41) is 11.2. The van der Waals surface area contributed by atoms with Gasteiger partial charge in [-0.15, -0.1) is 0 Å². The van der Waals surface area contributed by atoms with Gasteiger partial charge in [-0.2, -0.15) is 0 Å². The number of Topliss-reactive ketones (excluding diaryl/α,β-unsaturated/α-hetero) is 1. The normalized spacial score (nSPS) is 47.9. The molecule has 0 aromatic heterocycles. The number of fused-ring (bicyclic) bond motifs is 5. The molecule has 0 aromatic rings. The van der Waals surface area contributed by atoms with Crippen molar-refractivity contribution in [1.29, 1.82) is 0 Å². The van der Waals surface area contributed by atoms with Crippen molar-refractivity contribution in [3.05, 3.63) is 0 Å². The Hall–Kier alpha value is -0.193. The third kappa shape index (κ3) is 3.91. The molecule has 1 N–H and O–H groups in total. The van der Waals surface area contributed by atoms with Crippen molar-refractivity contribution in [2.45, 2.75) is 109 Å². The number of hydrogen-bond donors (Lipinski definition) is 1. The Morgan fingerprint density at radius 2 is 1.83 bits per heavy atom. The van der Waals surface area contributed by atoms with E-state index < -0.39 is 15.4 Å². The third-order valence-corrected chi connectivity index (χ3v) is 11.0. The van der Waals surface area contributed by atoms with Crippen molar-refractivity contribution < 1.29 is 14.3 Å². The Labute approximate surface area is 180 Å². The average Bonchev–Trinajstić information content (AvgIpc) is 2.93. The molecular weight excluding hydrogens is 376 g/mol. The van der Waals surface area contributed by atoms with Crippen molar-refractivity contribution in [1.82, 2.24) is 0 Å². The SMILES string of the molecule is CC(C)(C)[SiH2]OCC[C@]12CC[C@@](C)(O)C[C@H]1CC[C@@H]1[C@@H]2CC[C@]2(C)C(=O)CC[C@@H]12. The fourth-order valence-corrected chi connectivity index (χ4v) is 9.04. The molecule has 4 saturated carbocycles. The van der Waals surface area contributed by atoms with Crippen molar-refractivity contribution in [3.63, 3.8) is 0 Å². The molecule has 0 saturated heterocycles. The monoisotopic (exact) mass is 420 g/mol. The molecule has 4 fully saturated rings. The number of carbonyl (C=O) groups is 1. The highest BCUT2D eigenvalue weighted by molar-refractivity contribution is 6.31. The van der Waals surface area contributed by atoms with E-state index in [1.807, 2.05) is 0 Å². The molecule has 0 bridgehead atoms. The molecule has 0 unspecified atom stereocenters. The zero-order chi connectivity index (χ0) is 21.1. The first-order chi connectivity index (χ1) is 13.5. The maximum Gasteiger partial charge on any atom is 0.166 e. The van der Waals surface area contributed by atoms with Gasteiger partial charge in [0.2, 0.25) is 0 Å². The van der Waals surface area contributed by atoms with Crippen LogP contribution in [0.1, 0.15) is 98.8 Å². The zero-order valence-corrected chi connectivity index (χ0v) is 21.0. The summed E-state index contributed by atoms with van der Waals surface area (Å²) in [5.74, 6) is 3.25. The third-order valence-electron chi connectivity index (χ3n) is 9.61. The lowest BCUT2D eigenvalue weighted by Crippen LogP contribution is -2.57. The Kier molecular flexibility index (Phi) is 5.65. The van der Waals surface area contributed by atoms with Gasteiger partial charge in [-0.3, -0.25) is 4.79 Å². The van der Waals surface area contributed by atoms with Crippen LogP contribution in [0, 0.1) is 34.5 Å². The first-order valence-electron chi connectivity index (χ1n) is 12.3. The highest BCUT2D eigenvalue weighted by Crippen LogP contribution is 2.67. The molecule has 4 rings (SSSR count). The maximum absolute atomic E-state index is 12.7. The van der Waals surface area contributed by atoms with Gasteiger partial charge in [0.15, 0.2) is 9.76 Å². The van der Waals surface area contributed by atoms with E-state index in [1.165, 1.54) is 25.7 Å². The molecular formula is C25H44O3Si. The van der Waals surface area contributed by atoms with Gasteiger partial charge in [-0.1, -0.05) is 27.7 Å². The van der Waals surface area contributed by atoms with E-state index in [0.717, 1.165) is 57.0 Å². The molecule has 0 radical (unpaired) electrons. The molecule has 0 amide bonds. The minimum absolute atomic E-state index is 0.0367. The molecule has 0 heterocycles. The van der Waals surface area contributed by atoms with Crippen LogP contribution in [0.5, 0.6) is 0 Å². The molecule has 3 nitrogen and oxygen atoms in total. The predicted octanol–water partition coefficient (Wildman–Crippen LogP) is 5.04. The van der Waals surface area contributed by atoms with Crippen LogP contribution in [0.4, 0.5) is 0 Å². The minimum atomic E-state index is -0.509. The molecule has 29 heavy (non-hydrogen) atoms. The smallest absolute Gasteiger partial charge is 0.166 e. The average molecular weight is 421 g/mol. The van der Waals surface area contributed by atoms with Gasteiger partial charge < -0.3 is 9.53 Å². The van der Waals surface area contributed by atoms with E-state index in [4.69, 9.17) is 4.43 Å². The highest BCUT2D eigenvalue weighted by atomic mass is 28.2. The summed E-state index contributed by atoms with van der Waals surface area (Å²) in [6.07, 6.45) is 11.0. The Balaban J connectivity index is 1.56. The van der Waals surface area contributed by atoms with Crippen LogP contribution >= 0.6 is 0 Å². The second-order valence-electron chi connectivity index (χ2n) is 12.9. The minimum Gasteiger partial charge on any atom is -0.423 e. The Morgan fingerprint density at radius 1 is 1.07 bits per heavy atom. The summed E-state index contributed by atoms with van der Waals surface area (Å²) in [6.45, 7) is 12.1. The maximum atomic E-state index is 12.7. The summed E-state index contributed by atoms with van der Waals surface area (Å²) >= 11 is 0. The highest BCUT2D eigenvalue weighted by Gasteiger charge is 2.62. The molecule has 0 spiro atoms. The predicted molar refractivity (Wildman–Crippen MR) is 121 cm³/mol. The first-order valence-corrected chi connectivity index (χ1v) is 13.6. The van der Waals surface area contributed by atoms with E-state index in [9.17, 15) is 9.90 Å². The van der Waals surface area contributed by atoms with Crippen molar-refractivity contribution in [2.24, 2.45) is 34.5 Å². The lowest BCUT2D eigenvalue weighted by molar-refractivity contribution is -0.161. The number of rotatable bonds is 4. The molecule has 0 aliphatic heterocycles. The van der Waals surface area contributed by atoms with Crippen molar-refractivity contribution >= 4 is 15.5 Å². The summed E-state index contributed by atoms with van der Waals surface area (Å²) in [5.41, 5.74) is -0.191. The van der Waals surface area contributed by atoms with Gasteiger partial charge in [-0.25, -0.2) is 0 Å².